The summed E-state index contributed by atoms with van der Waals surface area (Å²) >= 11 is 1.37. The number of carbonyl (C=O) groups excluding carboxylic acids is 1. The number of tetrazole rings is 1. The predicted molar refractivity (Wildman–Crippen MR) is 253 cm³/mol. The van der Waals surface area contributed by atoms with E-state index in [1.165, 1.54) is 46.8 Å². The molecule has 7 aromatic rings. The summed E-state index contributed by atoms with van der Waals surface area (Å²) in [6, 6.07) is 28.0. The molecule has 0 aliphatic carbocycles. The van der Waals surface area contributed by atoms with Gasteiger partial charge in [0.25, 0.3) is 0 Å². The summed E-state index contributed by atoms with van der Waals surface area (Å²) in [5.74, 6) is 1.55. The van der Waals surface area contributed by atoms with E-state index >= 15 is 16.8 Å². The molecule has 2 heterocycles. The molecule has 0 fully saturated rings. The minimum absolute atomic E-state index is 0.115. The van der Waals surface area contributed by atoms with Gasteiger partial charge in [0.05, 0.1) is 49.7 Å². The minimum atomic E-state index is -4.98. The first-order valence-electron chi connectivity index (χ1n) is 20.8. The van der Waals surface area contributed by atoms with E-state index in [4.69, 9.17) is 40.5 Å². The molecule has 1 unspecified atom stereocenters. The number of para-hydroxylation sites is 1. The van der Waals surface area contributed by atoms with Crippen molar-refractivity contribution in [2.45, 2.75) is 62.8 Å². The van der Waals surface area contributed by atoms with Crippen molar-refractivity contribution in [2.24, 2.45) is 16.9 Å². The molecule has 2 aromatic heterocycles. The SMILES string of the molecule is COc1ccc(CN(Cc2ccc(OC)cc2)S(=O)(=O)c2c(S(=O)(=O)NC(COC(N)=O)C(C)(C)C)ccc(-c3cccc4sc(CN)nc34)c2-c2nnn(Cc3ccc(OC)cc3)n2)cc1. The lowest BCUT2D eigenvalue weighted by atomic mass is 9.88. The minimum Gasteiger partial charge on any atom is -0.497 e. The summed E-state index contributed by atoms with van der Waals surface area (Å²) in [7, 11) is -5.25. The Kier molecular flexibility index (Phi) is 14.6. The fourth-order valence-corrected chi connectivity index (χ4v) is 11.9. The largest absolute Gasteiger partial charge is 0.497 e. The van der Waals surface area contributed by atoms with Crippen LogP contribution in [0, 0.1) is 5.41 Å². The van der Waals surface area contributed by atoms with Crippen molar-refractivity contribution < 1.29 is 40.6 Å². The van der Waals surface area contributed by atoms with E-state index in [1.54, 1.807) is 101 Å². The van der Waals surface area contributed by atoms with Crippen molar-refractivity contribution in [1.82, 2.24) is 34.2 Å². The number of rotatable bonds is 19. The van der Waals surface area contributed by atoms with E-state index in [0.29, 0.717) is 44.5 Å². The summed E-state index contributed by atoms with van der Waals surface area (Å²) in [5.41, 5.74) is 13.5. The third kappa shape index (κ3) is 11.0. The van der Waals surface area contributed by atoms with Crippen LogP contribution in [-0.4, -0.2) is 86.4 Å². The highest BCUT2D eigenvalue weighted by Crippen LogP contribution is 2.44. The molecule has 0 aliphatic heterocycles. The zero-order valence-corrected chi connectivity index (χ0v) is 40.1. The summed E-state index contributed by atoms with van der Waals surface area (Å²) in [4.78, 5) is 16.6. The van der Waals surface area contributed by atoms with Crippen LogP contribution in [0.5, 0.6) is 17.2 Å². The number of aromatic nitrogens is 5. The molecule has 0 aliphatic rings. The van der Waals surface area contributed by atoms with Gasteiger partial charge in [-0.25, -0.2) is 31.3 Å². The Labute approximate surface area is 392 Å². The van der Waals surface area contributed by atoms with Crippen molar-refractivity contribution in [3.63, 3.8) is 0 Å². The van der Waals surface area contributed by atoms with Crippen molar-refractivity contribution in [3.05, 3.63) is 125 Å². The predicted octanol–water partition coefficient (Wildman–Crippen LogP) is 6.33. The number of ether oxygens (including phenoxy) is 4. The maximum Gasteiger partial charge on any atom is 0.404 e. The highest BCUT2D eigenvalue weighted by atomic mass is 32.2. The van der Waals surface area contributed by atoms with Crippen LogP contribution in [0.2, 0.25) is 0 Å². The number of thiazole rings is 1. The first kappa shape index (κ1) is 48.4. The number of amides is 1. The zero-order chi connectivity index (χ0) is 48.1. The second-order valence-corrected chi connectivity index (χ2v) is 21.1. The molecule has 67 heavy (non-hydrogen) atoms. The maximum atomic E-state index is 16.2. The smallest absolute Gasteiger partial charge is 0.404 e. The van der Waals surface area contributed by atoms with Crippen LogP contribution in [0.4, 0.5) is 4.79 Å². The number of hydrogen-bond donors (Lipinski definition) is 3. The van der Waals surface area contributed by atoms with Gasteiger partial charge in [0.1, 0.15) is 38.7 Å². The lowest BCUT2D eigenvalue weighted by molar-refractivity contribution is 0.122. The molecule has 0 saturated carbocycles. The van der Waals surface area contributed by atoms with Gasteiger partial charge >= 0.3 is 6.09 Å². The molecule has 1 amide bonds. The Morgan fingerprint density at radius 2 is 1.36 bits per heavy atom. The first-order valence-corrected chi connectivity index (χ1v) is 24.6. The van der Waals surface area contributed by atoms with Gasteiger partial charge < -0.3 is 30.4 Å². The quantitative estimate of drug-likeness (QED) is 0.0802. The molecule has 5 aromatic carbocycles. The summed E-state index contributed by atoms with van der Waals surface area (Å²) in [5, 5.41) is 14.2. The highest BCUT2D eigenvalue weighted by Gasteiger charge is 2.40. The number of methoxy groups -OCH3 is 3. The average molecular weight is 970 g/mol. The Balaban J connectivity index is 1.54. The Hall–Kier alpha value is -6.49. The first-order chi connectivity index (χ1) is 31.9. The van der Waals surface area contributed by atoms with E-state index in [-0.39, 0.29) is 43.1 Å². The maximum absolute atomic E-state index is 16.2. The van der Waals surface area contributed by atoms with Crippen LogP contribution in [-0.2, 0) is 51.0 Å². The Morgan fingerprint density at radius 1 is 0.791 bits per heavy atom. The van der Waals surface area contributed by atoms with Crippen molar-refractivity contribution in [2.75, 3.05) is 27.9 Å². The van der Waals surface area contributed by atoms with Gasteiger partial charge in [-0.15, -0.1) is 21.5 Å². The summed E-state index contributed by atoms with van der Waals surface area (Å²) in [6.45, 7) is 4.57. The molecule has 5 N–H and O–H groups in total. The fraction of sp³-hybridized carbons (Fsp3) is 0.283. The van der Waals surface area contributed by atoms with Gasteiger partial charge in [-0.1, -0.05) is 75.4 Å². The van der Waals surface area contributed by atoms with E-state index < -0.39 is 54.0 Å². The second kappa shape index (κ2) is 20.2. The molecule has 21 heteroatoms. The molecular weight excluding hydrogens is 919 g/mol. The third-order valence-electron chi connectivity index (χ3n) is 10.9. The fourth-order valence-electron chi connectivity index (χ4n) is 7.18. The van der Waals surface area contributed by atoms with E-state index in [2.05, 4.69) is 15.0 Å². The van der Waals surface area contributed by atoms with Gasteiger partial charge in [0.2, 0.25) is 25.9 Å². The van der Waals surface area contributed by atoms with Crippen LogP contribution in [0.3, 0.4) is 0 Å². The van der Waals surface area contributed by atoms with Gasteiger partial charge in [-0.2, -0.15) is 9.10 Å². The Bertz CT molecular complexity index is 3030. The molecule has 0 spiro atoms. The molecule has 0 saturated heterocycles. The number of hydrogen-bond acceptors (Lipinski definition) is 15. The number of benzene rings is 5. The van der Waals surface area contributed by atoms with E-state index in [0.717, 1.165) is 10.3 Å². The number of nitrogens with zero attached hydrogens (tertiary/aromatic N) is 6. The lowest BCUT2D eigenvalue weighted by Gasteiger charge is -2.31. The van der Waals surface area contributed by atoms with Crippen molar-refractivity contribution in [1.29, 1.82) is 0 Å². The van der Waals surface area contributed by atoms with Crippen LogP contribution in [0.1, 0.15) is 42.5 Å². The number of nitrogens with two attached hydrogens (primary N) is 2. The number of fused-ring (bicyclic) bond motifs is 1. The number of nitrogens with one attached hydrogen (secondary N) is 1. The molecule has 0 radical (unpaired) electrons. The molecule has 18 nitrogen and oxygen atoms in total. The van der Waals surface area contributed by atoms with Crippen molar-refractivity contribution in [3.8, 4) is 39.8 Å². The van der Waals surface area contributed by atoms with Gasteiger partial charge in [0, 0.05) is 25.2 Å². The molecule has 0 bridgehead atoms. The number of primary amides is 1. The van der Waals surface area contributed by atoms with Crippen LogP contribution in [0.25, 0.3) is 32.7 Å². The number of carbonyl (C=O) groups is 1. The normalized spacial score (nSPS) is 12.6. The van der Waals surface area contributed by atoms with Crippen molar-refractivity contribution >= 4 is 47.7 Å². The molecule has 7 rings (SSSR count). The Morgan fingerprint density at radius 3 is 1.88 bits per heavy atom. The third-order valence-corrected chi connectivity index (χ3v) is 15.4. The monoisotopic (exact) mass is 969 g/mol. The lowest BCUT2D eigenvalue weighted by Crippen LogP contribution is -2.47. The van der Waals surface area contributed by atoms with Crippen LogP contribution < -0.4 is 30.4 Å². The van der Waals surface area contributed by atoms with Crippen LogP contribution in [0.15, 0.2) is 113 Å². The molecule has 352 valence electrons. The topological polar surface area (TPSA) is 246 Å². The van der Waals surface area contributed by atoms with Crippen LogP contribution >= 0.6 is 11.3 Å². The van der Waals surface area contributed by atoms with Gasteiger partial charge in [0.15, 0.2) is 0 Å². The molecule has 1 atom stereocenters. The van der Waals surface area contributed by atoms with E-state index in [9.17, 15) is 4.79 Å². The van der Waals surface area contributed by atoms with Gasteiger partial charge in [-0.3, -0.25) is 0 Å². The molecular formula is C46H51N9O9S3. The van der Waals surface area contributed by atoms with E-state index in [1.807, 2.05) is 18.2 Å². The second-order valence-electron chi connectivity index (χ2n) is 16.4. The summed E-state index contributed by atoms with van der Waals surface area (Å²) in [6.07, 6.45) is -1.12. The summed E-state index contributed by atoms with van der Waals surface area (Å²) < 4.78 is 88.5. The average Bonchev–Trinajstić information content (AvgIpc) is 3.97. The highest BCUT2D eigenvalue weighted by molar-refractivity contribution is 7.92. The number of sulfonamides is 2. The standard InChI is InChI=1S/C46H51N9O9S3/c1-46(2,3)39(28-64-45(48)56)52-66(57,58)38-23-22-35(36-8-7-9-37-42(36)49-40(24-47)65-37)41(44-50-53-55(51-44)27-31-14-20-34(63-6)21-15-31)43(38)67(59,60)54(25-29-10-16-32(61-4)17-11-29)26-30-12-18-33(62-5)19-13-30/h7-23,39,52H,24-28,47H2,1-6H3,(H2,48,56). The van der Waals surface area contributed by atoms with Gasteiger partial charge in [-0.05, 0) is 81.4 Å². The zero-order valence-electron chi connectivity index (χ0n) is 37.7.